The van der Waals surface area contributed by atoms with Gasteiger partial charge in [-0.3, -0.25) is 0 Å². The first kappa shape index (κ1) is 28.2. The van der Waals surface area contributed by atoms with Gasteiger partial charge in [0, 0.05) is 33.5 Å². The predicted molar refractivity (Wildman–Crippen MR) is 201 cm³/mol. The van der Waals surface area contributed by atoms with Gasteiger partial charge >= 0.3 is 0 Å². The SMILES string of the molecule is CC1(C)c2cc(cc(-c3ccccc3)c2)Nc2ccccc2-c2ccc(-c3nc4ccccc4nc3-c3ccccc3)c3ccc1cc23. The largest absolute Gasteiger partial charge is 0.355 e. The van der Waals surface area contributed by atoms with E-state index in [2.05, 4.69) is 147 Å². The van der Waals surface area contributed by atoms with E-state index in [0.717, 1.165) is 55.9 Å². The molecule has 1 aliphatic rings. The van der Waals surface area contributed by atoms with Crippen molar-refractivity contribution in [1.29, 1.82) is 0 Å². The Morgan fingerprint density at radius 2 is 1.08 bits per heavy atom. The number of hydrogen-bond donors (Lipinski definition) is 1. The van der Waals surface area contributed by atoms with Crippen molar-refractivity contribution in [3.63, 3.8) is 0 Å². The highest BCUT2D eigenvalue weighted by Crippen LogP contribution is 2.45. The van der Waals surface area contributed by atoms with Crippen molar-refractivity contribution >= 4 is 33.2 Å². The van der Waals surface area contributed by atoms with Crippen LogP contribution in [0, 0.1) is 0 Å². The average molecular weight is 616 g/mol. The molecule has 1 aliphatic heterocycles. The number of hydrogen-bond acceptors (Lipinski definition) is 3. The van der Waals surface area contributed by atoms with Crippen LogP contribution >= 0.6 is 0 Å². The maximum atomic E-state index is 5.29. The fraction of sp³-hybridized carbons (Fsp3) is 0.0667. The van der Waals surface area contributed by atoms with E-state index < -0.39 is 0 Å². The lowest BCUT2D eigenvalue weighted by Gasteiger charge is -2.28. The highest BCUT2D eigenvalue weighted by Gasteiger charge is 2.27. The number of anilines is 2. The van der Waals surface area contributed by atoms with Gasteiger partial charge in [0.1, 0.15) is 0 Å². The van der Waals surface area contributed by atoms with E-state index in [1.165, 1.54) is 33.2 Å². The molecule has 1 N–H and O–H groups in total. The fourth-order valence-corrected chi connectivity index (χ4v) is 7.17. The number of aromatic nitrogens is 2. The van der Waals surface area contributed by atoms with Crippen molar-refractivity contribution in [2.75, 3.05) is 5.32 Å². The number of benzene rings is 7. The van der Waals surface area contributed by atoms with E-state index in [9.17, 15) is 0 Å². The van der Waals surface area contributed by atoms with E-state index in [1.807, 2.05) is 30.3 Å². The lowest BCUT2D eigenvalue weighted by atomic mass is 9.76. The van der Waals surface area contributed by atoms with Crippen LogP contribution in [0.4, 0.5) is 11.4 Å². The van der Waals surface area contributed by atoms with Crippen LogP contribution in [0.5, 0.6) is 0 Å². The van der Waals surface area contributed by atoms with Crippen molar-refractivity contribution < 1.29 is 0 Å². The molecule has 7 aromatic carbocycles. The molecule has 0 fully saturated rings. The first-order valence-electron chi connectivity index (χ1n) is 16.5. The molecule has 3 nitrogen and oxygen atoms in total. The second-order valence-electron chi connectivity index (χ2n) is 13.2. The molecule has 1 aromatic heterocycles. The number of nitrogens with one attached hydrogen (secondary N) is 1. The standard InChI is InChI=1S/C45H33N3/c1-45(2)32-21-22-36-38(44-43(30-15-7-4-8-16-30)47-41-19-11-12-20-42(41)48-44)24-23-35(39(36)28-32)37-17-9-10-18-40(37)46-34-26-31(25-33(45)27-34)29-13-5-3-6-14-29/h3-28,46H,1-2H3. The van der Waals surface area contributed by atoms with Crippen LogP contribution < -0.4 is 5.32 Å². The zero-order valence-electron chi connectivity index (χ0n) is 26.9. The second-order valence-corrected chi connectivity index (χ2v) is 13.2. The van der Waals surface area contributed by atoms with Gasteiger partial charge in [-0.15, -0.1) is 0 Å². The van der Waals surface area contributed by atoms with Crippen LogP contribution in [0.25, 0.3) is 66.6 Å². The number of fused-ring (bicyclic) bond motifs is 6. The third kappa shape index (κ3) is 4.66. The van der Waals surface area contributed by atoms with Crippen molar-refractivity contribution in [3.05, 3.63) is 169 Å². The van der Waals surface area contributed by atoms with Crippen LogP contribution in [0.15, 0.2) is 158 Å². The number of rotatable bonds is 3. The van der Waals surface area contributed by atoms with Gasteiger partial charge in [-0.2, -0.15) is 0 Å². The third-order valence-electron chi connectivity index (χ3n) is 9.87. The molecule has 3 heteroatoms. The van der Waals surface area contributed by atoms with E-state index in [0.29, 0.717) is 0 Å². The zero-order valence-corrected chi connectivity index (χ0v) is 26.9. The summed E-state index contributed by atoms with van der Waals surface area (Å²) in [5.41, 5.74) is 14.8. The minimum atomic E-state index is -0.267. The quantitative estimate of drug-likeness (QED) is 0.215. The summed E-state index contributed by atoms with van der Waals surface area (Å²) in [7, 11) is 0. The Labute approximate surface area is 280 Å². The molecule has 0 amide bonds. The van der Waals surface area contributed by atoms with Gasteiger partial charge in [0.2, 0.25) is 0 Å². The molecule has 8 aromatic rings. The normalized spacial score (nSPS) is 13.1. The zero-order chi connectivity index (χ0) is 32.2. The highest BCUT2D eigenvalue weighted by atomic mass is 14.9. The summed E-state index contributed by atoms with van der Waals surface area (Å²) in [6.07, 6.45) is 0. The maximum absolute atomic E-state index is 5.29. The molecule has 0 atom stereocenters. The molecular weight excluding hydrogens is 583 g/mol. The molecule has 0 saturated carbocycles. The molecule has 228 valence electrons. The topological polar surface area (TPSA) is 37.8 Å². The van der Waals surface area contributed by atoms with E-state index in [-0.39, 0.29) is 5.41 Å². The summed E-state index contributed by atoms with van der Waals surface area (Å²) in [4.78, 5) is 10.5. The van der Waals surface area contributed by atoms with E-state index >= 15 is 0 Å². The smallest absolute Gasteiger partial charge is 0.0979 e. The van der Waals surface area contributed by atoms with Crippen molar-refractivity contribution in [1.82, 2.24) is 9.97 Å². The van der Waals surface area contributed by atoms with Gasteiger partial charge < -0.3 is 5.32 Å². The van der Waals surface area contributed by atoms with Crippen LogP contribution in [-0.4, -0.2) is 9.97 Å². The summed E-state index contributed by atoms with van der Waals surface area (Å²) in [6.45, 7) is 4.66. The van der Waals surface area contributed by atoms with Crippen LogP contribution in [0.2, 0.25) is 0 Å². The fourth-order valence-electron chi connectivity index (χ4n) is 7.17. The summed E-state index contributed by atoms with van der Waals surface area (Å²) >= 11 is 0. The Balaban J connectivity index is 1.33. The van der Waals surface area contributed by atoms with Crippen LogP contribution in [0.3, 0.4) is 0 Å². The highest BCUT2D eigenvalue weighted by molar-refractivity contribution is 6.08. The average Bonchev–Trinajstić information content (AvgIpc) is 3.15. The van der Waals surface area contributed by atoms with Crippen LogP contribution in [0.1, 0.15) is 25.0 Å². The summed E-state index contributed by atoms with van der Waals surface area (Å²) in [5.74, 6) is 0. The monoisotopic (exact) mass is 615 g/mol. The molecule has 0 radical (unpaired) electrons. The second kappa shape index (κ2) is 11.0. The van der Waals surface area contributed by atoms with Gasteiger partial charge in [0.25, 0.3) is 0 Å². The Morgan fingerprint density at radius 1 is 0.438 bits per heavy atom. The van der Waals surface area contributed by atoms with E-state index in [1.54, 1.807) is 0 Å². The van der Waals surface area contributed by atoms with Crippen molar-refractivity contribution in [2.24, 2.45) is 0 Å². The van der Waals surface area contributed by atoms with E-state index in [4.69, 9.17) is 9.97 Å². The summed E-state index contributed by atoms with van der Waals surface area (Å²) < 4.78 is 0. The molecule has 9 rings (SSSR count). The summed E-state index contributed by atoms with van der Waals surface area (Å²) in [6, 6.07) is 56.3. The lowest BCUT2D eigenvalue weighted by Crippen LogP contribution is -2.19. The molecule has 0 saturated heterocycles. The first-order chi connectivity index (χ1) is 23.5. The molecule has 0 spiro atoms. The van der Waals surface area contributed by atoms with Gasteiger partial charge in [0.15, 0.2) is 0 Å². The Bertz CT molecular complexity index is 2500. The number of nitrogens with zero attached hydrogens (tertiary/aromatic N) is 2. The van der Waals surface area contributed by atoms with Gasteiger partial charge in [-0.25, -0.2) is 9.97 Å². The van der Waals surface area contributed by atoms with Gasteiger partial charge in [-0.05, 0) is 75.0 Å². The minimum absolute atomic E-state index is 0.267. The Hall–Kier alpha value is -6.06. The lowest BCUT2D eigenvalue weighted by molar-refractivity contribution is 0.642. The maximum Gasteiger partial charge on any atom is 0.0979 e. The molecule has 0 unspecified atom stereocenters. The third-order valence-corrected chi connectivity index (χ3v) is 9.87. The van der Waals surface area contributed by atoms with Crippen LogP contribution in [-0.2, 0) is 5.41 Å². The van der Waals surface area contributed by atoms with Crippen molar-refractivity contribution in [2.45, 2.75) is 19.3 Å². The molecule has 4 bridgehead atoms. The van der Waals surface area contributed by atoms with Crippen molar-refractivity contribution in [3.8, 4) is 44.8 Å². The first-order valence-corrected chi connectivity index (χ1v) is 16.5. The summed E-state index contributed by atoms with van der Waals surface area (Å²) in [5, 5.41) is 6.18. The predicted octanol–water partition coefficient (Wildman–Crippen LogP) is 11.8. The molecule has 48 heavy (non-hydrogen) atoms. The minimum Gasteiger partial charge on any atom is -0.355 e. The molecular formula is C45H33N3. The molecule has 2 heterocycles. The van der Waals surface area contributed by atoms with Gasteiger partial charge in [-0.1, -0.05) is 135 Å². The number of para-hydroxylation sites is 3. The molecule has 0 aliphatic carbocycles. The van der Waals surface area contributed by atoms with Gasteiger partial charge in [0.05, 0.1) is 22.4 Å². The Kier molecular flexibility index (Phi) is 6.48. The Morgan fingerprint density at radius 3 is 1.85 bits per heavy atom.